The molecule has 114 valence electrons. The average molecular weight is 291 g/mol. The molecule has 0 amide bonds. The predicted octanol–water partition coefficient (Wildman–Crippen LogP) is -0.444. The van der Waals surface area contributed by atoms with Gasteiger partial charge in [0.05, 0.1) is 12.8 Å². The summed E-state index contributed by atoms with van der Waals surface area (Å²) in [4.78, 5) is 43.8. The molecule has 0 heterocycles. The van der Waals surface area contributed by atoms with E-state index in [-0.39, 0.29) is 32.4 Å². The van der Waals surface area contributed by atoms with Gasteiger partial charge in [0.15, 0.2) is 0 Å². The van der Waals surface area contributed by atoms with E-state index in [0.717, 1.165) is 0 Å². The summed E-state index contributed by atoms with van der Waals surface area (Å²) in [6, 6.07) is -1.22. The quantitative estimate of drug-likeness (QED) is 0.396. The fourth-order valence-corrected chi connectivity index (χ4v) is 1.62. The molecule has 1 atom stereocenters. The van der Waals surface area contributed by atoms with Crippen LogP contribution in [0.2, 0.25) is 0 Å². The van der Waals surface area contributed by atoms with Gasteiger partial charge in [-0.3, -0.25) is 24.1 Å². The largest absolute Gasteiger partial charge is 0.481 e. The molecule has 0 spiro atoms. The molecule has 4 N–H and O–H groups in total. The van der Waals surface area contributed by atoms with Gasteiger partial charge in [-0.15, -0.1) is 0 Å². The van der Waals surface area contributed by atoms with Crippen molar-refractivity contribution >= 4 is 23.9 Å². The molecule has 20 heavy (non-hydrogen) atoms. The fourth-order valence-electron chi connectivity index (χ4n) is 1.62. The second-order valence-corrected chi connectivity index (χ2v) is 4.11. The maximum Gasteiger partial charge on any atom is 0.320 e. The molecule has 0 saturated carbocycles. The Labute approximate surface area is 114 Å². The Morgan fingerprint density at radius 3 is 1.45 bits per heavy atom. The highest BCUT2D eigenvalue weighted by Gasteiger charge is 2.26. The smallest absolute Gasteiger partial charge is 0.320 e. The Hall–Kier alpha value is -2.16. The van der Waals surface area contributed by atoms with Crippen LogP contribution in [0.1, 0.15) is 25.7 Å². The van der Waals surface area contributed by atoms with E-state index in [1.165, 1.54) is 4.90 Å². The number of carboxylic acids is 4. The van der Waals surface area contributed by atoms with Crippen molar-refractivity contribution in [1.29, 1.82) is 0 Å². The maximum atomic E-state index is 11.1. The molecule has 0 aliphatic heterocycles. The number of hydrogen-bond donors (Lipinski definition) is 4. The Morgan fingerprint density at radius 1 is 0.750 bits per heavy atom. The van der Waals surface area contributed by atoms with Crippen LogP contribution in [0.5, 0.6) is 0 Å². The van der Waals surface area contributed by atoms with E-state index in [0.29, 0.717) is 0 Å². The van der Waals surface area contributed by atoms with Gasteiger partial charge in [0.1, 0.15) is 6.04 Å². The van der Waals surface area contributed by atoms with E-state index >= 15 is 0 Å². The molecule has 0 aromatic rings. The molecule has 0 bridgehead atoms. The Kier molecular flexibility index (Phi) is 7.90. The Bertz CT molecular complexity index is 363. The highest BCUT2D eigenvalue weighted by molar-refractivity contribution is 5.75. The highest BCUT2D eigenvalue weighted by Crippen LogP contribution is 2.10. The van der Waals surface area contributed by atoms with Crippen LogP contribution >= 0.6 is 0 Å². The third-order valence-corrected chi connectivity index (χ3v) is 2.58. The van der Waals surface area contributed by atoms with E-state index in [1.54, 1.807) is 0 Å². The van der Waals surface area contributed by atoms with Crippen LogP contribution in [0.15, 0.2) is 0 Å². The number of aliphatic carboxylic acids is 4. The van der Waals surface area contributed by atoms with E-state index in [2.05, 4.69) is 0 Å². The van der Waals surface area contributed by atoms with Crippen molar-refractivity contribution in [3.8, 4) is 0 Å². The van der Waals surface area contributed by atoms with Gasteiger partial charge >= 0.3 is 23.9 Å². The van der Waals surface area contributed by atoms with Gasteiger partial charge in [-0.1, -0.05) is 0 Å². The van der Waals surface area contributed by atoms with Crippen molar-refractivity contribution in [3.05, 3.63) is 0 Å². The molecule has 0 fully saturated rings. The molecule has 0 unspecified atom stereocenters. The van der Waals surface area contributed by atoms with E-state index in [9.17, 15) is 19.2 Å². The van der Waals surface area contributed by atoms with Crippen LogP contribution < -0.4 is 0 Å². The van der Waals surface area contributed by atoms with Crippen molar-refractivity contribution < 1.29 is 39.6 Å². The van der Waals surface area contributed by atoms with Gasteiger partial charge < -0.3 is 20.4 Å². The molecule has 0 aromatic carbocycles. The first-order valence-corrected chi connectivity index (χ1v) is 5.86. The molecular formula is C11H17NO8. The molecule has 0 saturated heterocycles. The van der Waals surface area contributed by atoms with Crippen LogP contribution in [0.3, 0.4) is 0 Å². The fraction of sp³-hybridized carbons (Fsp3) is 0.636. The number of carboxylic acid groups (broad SMARTS) is 4. The molecule has 0 rings (SSSR count). The van der Waals surface area contributed by atoms with Crippen LogP contribution in [0.25, 0.3) is 0 Å². The minimum atomic E-state index is -1.30. The van der Waals surface area contributed by atoms with Gasteiger partial charge in [0, 0.05) is 19.5 Å². The molecule has 9 nitrogen and oxygen atoms in total. The number of hydrogen-bond acceptors (Lipinski definition) is 5. The zero-order valence-electron chi connectivity index (χ0n) is 10.7. The predicted molar refractivity (Wildman–Crippen MR) is 64.4 cm³/mol. The topological polar surface area (TPSA) is 152 Å². The van der Waals surface area contributed by atoms with Crippen molar-refractivity contribution in [2.24, 2.45) is 0 Å². The lowest BCUT2D eigenvalue weighted by molar-refractivity contribution is -0.147. The normalized spacial score (nSPS) is 12.1. The minimum absolute atomic E-state index is 0.154. The van der Waals surface area contributed by atoms with Crippen molar-refractivity contribution in [1.82, 2.24) is 4.90 Å². The van der Waals surface area contributed by atoms with Crippen LogP contribution in [-0.4, -0.2) is 68.3 Å². The van der Waals surface area contributed by atoms with Gasteiger partial charge in [-0.05, 0) is 6.42 Å². The highest BCUT2D eigenvalue weighted by atomic mass is 16.4. The van der Waals surface area contributed by atoms with E-state index < -0.39 is 36.3 Å². The molecular weight excluding hydrogens is 274 g/mol. The summed E-state index contributed by atoms with van der Waals surface area (Å²) in [6.45, 7) is -0.307. The lowest BCUT2D eigenvalue weighted by Crippen LogP contribution is -2.43. The van der Waals surface area contributed by atoms with Crippen LogP contribution in [0.4, 0.5) is 0 Å². The van der Waals surface area contributed by atoms with Crippen LogP contribution in [0, 0.1) is 0 Å². The lowest BCUT2D eigenvalue weighted by atomic mass is 10.1. The summed E-state index contributed by atoms with van der Waals surface area (Å²) in [5, 5.41) is 34.8. The summed E-state index contributed by atoms with van der Waals surface area (Å²) in [7, 11) is 0. The standard InChI is InChI=1S/C11H17NO8/c13-8(14)2-1-7(11(19)20)12(5-3-9(15)16)6-4-10(17)18/h7H,1-6H2,(H,13,14)(H,15,16)(H,17,18)(H,19,20)/t7-/m0/s1. The lowest BCUT2D eigenvalue weighted by Gasteiger charge is -2.27. The van der Waals surface area contributed by atoms with Crippen LogP contribution in [-0.2, 0) is 19.2 Å². The third-order valence-electron chi connectivity index (χ3n) is 2.58. The third kappa shape index (κ3) is 8.03. The SMILES string of the molecule is O=C(O)CC[C@@H](C(=O)O)N(CCC(=O)O)CCC(=O)O. The minimum Gasteiger partial charge on any atom is -0.481 e. The van der Waals surface area contributed by atoms with Gasteiger partial charge in [-0.25, -0.2) is 0 Å². The maximum absolute atomic E-state index is 11.1. The zero-order valence-corrected chi connectivity index (χ0v) is 10.7. The monoisotopic (exact) mass is 291 g/mol. The molecule has 0 aliphatic rings. The molecule has 0 aliphatic carbocycles. The average Bonchev–Trinajstić information content (AvgIpc) is 2.30. The summed E-state index contributed by atoms with van der Waals surface area (Å²) >= 11 is 0. The van der Waals surface area contributed by atoms with Gasteiger partial charge in [0.2, 0.25) is 0 Å². The Balaban J connectivity index is 4.77. The van der Waals surface area contributed by atoms with Crippen molar-refractivity contribution in [2.75, 3.05) is 13.1 Å². The first kappa shape index (κ1) is 17.8. The molecule has 0 radical (unpaired) electrons. The number of carbonyl (C=O) groups is 4. The summed E-state index contributed by atoms with van der Waals surface area (Å²) in [6.07, 6.45) is -1.32. The Morgan fingerprint density at radius 2 is 1.15 bits per heavy atom. The first-order valence-electron chi connectivity index (χ1n) is 5.86. The molecule has 0 aromatic heterocycles. The number of rotatable bonds is 11. The van der Waals surface area contributed by atoms with Gasteiger partial charge in [0.25, 0.3) is 0 Å². The molecule has 9 heteroatoms. The van der Waals surface area contributed by atoms with Gasteiger partial charge in [-0.2, -0.15) is 0 Å². The van der Waals surface area contributed by atoms with E-state index in [1.807, 2.05) is 0 Å². The first-order chi connectivity index (χ1) is 9.23. The second kappa shape index (κ2) is 8.86. The number of nitrogens with zero attached hydrogens (tertiary/aromatic N) is 1. The zero-order chi connectivity index (χ0) is 15.7. The van der Waals surface area contributed by atoms with E-state index in [4.69, 9.17) is 20.4 Å². The van der Waals surface area contributed by atoms with Crippen molar-refractivity contribution in [2.45, 2.75) is 31.7 Å². The second-order valence-electron chi connectivity index (χ2n) is 4.11. The summed E-state index contributed by atoms with van der Waals surface area (Å²) in [5.41, 5.74) is 0. The van der Waals surface area contributed by atoms with Crippen molar-refractivity contribution in [3.63, 3.8) is 0 Å². The summed E-state index contributed by atoms with van der Waals surface area (Å²) in [5.74, 6) is -4.77. The summed E-state index contributed by atoms with van der Waals surface area (Å²) < 4.78 is 0.